The first-order valence-corrected chi connectivity index (χ1v) is 9.98. The quantitative estimate of drug-likeness (QED) is 0.743. The molecule has 0 aliphatic carbocycles. The average Bonchev–Trinajstić information content (AvgIpc) is 2.69. The van der Waals surface area contributed by atoms with Crippen LogP contribution in [0.15, 0.2) is 54.6 Å². The molecule has 0 saturated carbocycles. The summed E-state index contributed by atoms with van der Waals surface area (Å²) in [4.78, 5) is 2.63. The molecule has 1 fully saturated rings. The Morgan fingerprint density at radius 3 is 2.35 bits per heavy atom. The Kier molecular flexibility index (Phi) is 6.70. The Labute approximate surface area is 158 Å². The molecule has 0 spiro atoms. The van der Waals surface area contributed by atoms with E-state index < -0.39 is 0 Å². The molecule has 0 bridgehead atoms. The van der Waals surface area contributed by atoms with E-state index >= 15 is 0 Å². The van der Waals surface area contributed by atoms with Gasteiger partial charge in [-0.3, -0.25) is 0 Å². The molecule has 3 heteroatoms. The molecule has 1 aliphatic rings. The number of nitrogens with zero attached hydrogens (tertiary/aromatic N) is 1. The second-order valence-electron chi connectivity index (χ2n) is 7.61. The number of phenols is 1. The maximum Gasteiger partial charge on any atom is 0.115 e. The summed E-state index contributed by atoms with van der Waals surface area (Å²) < 4.78 is 0. The van der Waals surface area contributed by atoms with Gasteiger partial charge in [0.25, 0.3) is 0 Å². The highest BCUT2D eigenvalue weighted by atomic mass is 16.3. The minimum absolute atomic E-state index is 0.223. The van der Waals surface area contributed by atoms with E-state index in [1.807, 2.05) is 12.1 Å². The van der Waals surface area contributed by atoms with Crippen molar-refractivity contribution in [2.45, 2.75) is 44.6 Å². The monoisotopic (exact) mass is 352 g/mol. The van der Waals surface area contributed by atoms with E-state index in [1.165, 1.54) is 56.4 Å². The number of hydrogen-bond donors (Lipinski definition) is 2. The summed E-state index contributed by atoms with van der Waals surface area (Å²) in [5.74, 6) is 0.328. The highest BCUT2D eigenvalue weighted by Gasteiger charge is 2.35. The van der Waals surface area contributed by atoms with Gasteiger partial charge in [0.1, 0.15) is 5.75 Å². The fourth-order valence-electron chi connectivity index (χ4n) is 4.01. The van der Waals surface area contributed by atoms with E-state index in [1.54, 1.807) is 12.1 Å². The van der Waals surface area contributed by atoms with Gasteiger partial charge in [0, 0.05) is 18.5 Å². The van der Waals surface area contributed by atoms with E-state index in [9.17, 15) is 5.11 Å². The summed E-state index contributed by atoms with van der Waals surface area (Å²) in [7, 11) is 0. The molecule has 1 saturated heterocycles. The Morgan fingerprint density at radius 1 is 1.00 bits per heavy atom. The van der Waals surface area contributed by atoms with Crippen LogP contribution in [0, 0.1) is 0 Å². The van der Waals surface area contributed by atoms with Gasteiger partial charge in [0.15, 0.2) is 0 Å². The summed E-state index contributed by atoms with van der Waals surface area (Å²) in [5, 5.41) is 13.1. The Morgan fingerprint density at radius 2 is 1.69 bits per heavy atom. The largest absolute Gasteiger partial charge is 0.508 e. The lowest BCUT2D eigenvalue weighted by Gasteiger charge is -2.42. The van der Waals surface area contributed by atoms with Crippen molar-refractivity contribution in [1.82, 2.24) is 10.2 Å². The van der Waals surface area contributed by atoms with Crippen molar-refractivity contribution in [2.75, 3.05) is 26.2 Å². The van der Waals surface area contributed by atoms with E-state index in [-0.39, 0.29) is 5.41 Å². The maximum absolute atomic E-state index is 9.44. The van der Waals surface area contributed by atoms with Crippen LogP contribution in [0.5, 0.6) is 5.75 Å². The van der Waals surface area contributed by atoms with Gasteiger partial charge in [-0.15, -0.1) is 0 Å². The first kappa shape index (κ1) is 18.9. The van der Waals surface area contributed by atoms with Crippen molar-refractivity contribution in [3.05, 3.63) is 65.7 Å². The van der Waals surface area contributed by atoms with E-state index in [4.69, 9.17) is 0 Å². The Bertz CT molecular complexity index is 646. The summed E-state index contributed by atoms with van der Waals surface area (Å²) >= 11 is 0. The van der Waals surface area contributed by atoms with Crippen LogP contribution in [0.25, 0.3) is 0 Å². The Balaban J connectivity index is 1.64. The first-order chi connectivity index (χ1) is 12.7. The van der Waals surface area contributed by atoms with Gasteiger partial charge >= 0.3 is 0 Å². The standard InChI is InChI=1S/C23H32N2O/c1-2-3-15-25-16-13-23(14-17-25,21-7-5-4-6-8-21)19-24-18-20-9-11-22(26)12-10-20/h4-12,24,26H,2-3,13-19H2,1H3. The highest BCUT2D eigenvalue weighted by molar-refractivity contribution is 5.28. The summed E-state index contributed by atoms with van der Waals surface area (Å²) in [6, 6.07) is 18.5. The molecule has 0 radical (unpaired) electrons. The SMILES string of the molecule is CCCCN1CCC(CNCc2ccc(O)cc2)(c2ccccc2)CC1. The van der Waals surface area contributed by atoms with Crippen LogP contribution in [0.3, 0.4) is 0 Å². The molecule has 2 N–H and O–H groups in total. The molecule has 0 atom stereocenters. The first-order valence-electron chi connectivity index (χ1n) is 9.98. The third kappa shape index (κ3) is 4.87. The molecule has 1 heterocycles. The van der Waals surface area contributed by atoms with E-state index in [2.05, 4.69) is 47.5 Å². The van der Waals surface area contributed by atoms with Gasteiger partial charge in [-0.25, -0.2) is 0 Å². The van der Waals surface area contributed by atoms with Gasteiger partial charge in [-0.05, 0) is 62.2 Å². The second-order valence-corrected chi connectivity index (χ2v) is 7.61. The van der Waals surface area contributed by atoms with Crippen molar-refractivity contribution in [2.24, 2.45) is 0 Å². The van der Waals surface area contributed by atoms with Crippen LogP contribution < -0.4 is 5.32 Å². The summed E-state index contributed by atoms with van der Waals surface area (Å²) in [5.41, 5.74) is 2.90. The molecular formula is C23H32N2O. The highest BCUT2D eigenvalue weighted by Crippen LogP contribution is 2.35. The topological polar surface area (TPSA) is 35.5 Å². The van der Waals surface area contributed by atoms with Crippen LogP contribution in [0.1, 0.15) is 43.7 Å². The molecule has 1 aliphatic heterocycles. The number of likely N-dealkylation sites (tertiary alicyclic amines) is 1. The average molecular weight is 353 g/mol. The van der Waals surface area contributed by atoms with E-state index in [0.717, 1.165) is 13.1 Å². The van der Waals surface area contributed by atoms with Crippen LogP contribution in [-0.4, -0.2) is 36.2 Å². The number of nitrogens with one attached hydrogen (secondary N) is 1. The van der Waals surface area contributed by atoms with Gasteiger partial charge in [-0.1, -0.05) is 55.8 Å². The number of unbranched alkanes of at least 4 members (excludes halogenated alkanes) is 1. The lowest BCUT2D eigenvalue weighted by atomic mass is 9.72. The number of hydrogen-bond acceptors (Lipinski definition) is 3. The number of piperidine rings is 1. The second kappa shape index (κ2) is 9.20. The molecule has 0 unspecified atom stereocenters. The lowest BCUT2D eigenvalue weighted by Crippen LogP contribution is -2.48. The maximum atomic E-state index is 9.44. The predicted molar refractivity (Wildman–Crippen MR) is 109 cm³/mol. The van der Waals surface area contributed by atoms with E-state index in [0.29, 0.717) is 5.75 Å². The normalized spacial score (nSPS) is 17.3. The van der Waals surface area contributed by atoms with Crippen molar-refractivity contribution >= 4 is 0 Å². The van der Waals surface area contributed by atoms with Crippen LogP contribution in [0.2, 0.25) is 0 Å². The van der Waals surface area contributed by atoms with Crippen molar-refractivity contribution in [1.29, 1.82) is 0 Å². The molecule has 0 amide bonds. The molecule has 2 aromatic carbocycles. The zero-order chi connectivity index (χ0) is 18.2. The van der Waals surface area contributed by atoms with Gasteiger partial charge < -0.3 is 15.3 Å². The summed E-state index contributed by atoms with van der Waals surface area (Å²) in [6.07, 6.45) is 5.00. The molecule has 0 aromatic heterocycles. The molecule has 26 heavy (non-hydrogen) atoms. The Hall–Kier alpha value is -1.84. The summed E-state index contributed by atoms with van der Waals surface area (Å²) in [6.45, 7) is 7.73. The van der Waals surface area contributed by atoms with Crippen molar-refractivity contribution in [3.63, 3.8) is 0 Å². The molecule has 3 rings (SSSR count). The fourth-order valence-corrected chi connectivity index (χ4v) is 4.01. The third-order valence-electron chi connectivity index (χ3n) is 5.76. The van der Waals surface area contributed by atoms with Gasteiger partial charge in [0.05, 0.1) is 0 Å². The number of aromatic hydroxyl groups is 1. The zero-order valence-electron chi connectivity index (χ0n) is 16.0. The van der Waals surface area contributed by atoms with Crippen LogP contribution in [0.4, 0.5) is 0 Å². The molecule has 2 aromatic rings. The predicted octanol–water partition coefficient (Wildman–Crippen LogP) is 4.32. The minimum Gasteiger partial charge on any atom is -0.508 e. The van der Waals surface area contributed by atoms with Gasteiger partial charge in [0.2, 0.25) is 0 Å². The van der Waals surface area contributed by atoms with Crippen molar-refractivity contribution in [3.8, 4) is 5.75 Å². The number of phenolic OH excluding ortho intramolecular Hbond substituents is 1. The third-order valence-corrected chi connectivity index (χ3v) is 5.76. The van der Waals surface area contributed by atoms with Crippen LogP contribution >= 0.6 is 0 Å². The lowest BCUT2D eigenvalue weighted by molar-refractivity contribution is 0.154. The molecule has 140 valence electrons. The fraction of sp³-hybridized carbons (Fsp3) is 0.478. The molecular weight excluding hydrogens is 320 g/mol. The number of benzene rings is 2. The minimum atomic E-state index is 0.223. The van der Waals surface area contributed by atoms with Crippen molar-refractivity contribution < 1.29 is 5.11 Å². The van der Waals surface area contributed by atoms with Gasteiger partial charge in [-0.2, -0.15) is 0 Å². The number of rotatable bonds is 8. The van der Waals surface area contributed by atoms with Crippen LogP contribution in [-0.2, 0) is 12.0 Å². The smallest absolute Gasteiger partial charge is 0.115 e. The molecule has 3 nitrogen and oxygen atoms in total. The zero-order valence-corrected chi connectivity index (χ0v) is 16.0.